The van der Waals surface area contributed by atoms with Crippen molar-refractivity contribution in [1.29, 1.82) is 0 Å². The molecule has 0 saturated heterocycles. The molecule has 0 bridgehead atoms. The van der Waals surface area contributed by atoms with E-state index >= 15 is 0 Å². The molecule has 7 heteroatoms. The molecular formula is C20H23N5O2. The highest BCUT2D eigenvalue weighted by molar-refractivity contribution is 6.03. The van der Waals surface area contributed by atoms with E-state index in [0.29, 0.717) is 23.6 Å². The highest BCUT2D eigenvalue weighted by Crippen LogP contribution is 2.24. The molecule has 0 spiro atoms. The minimum Gasteiger partial charge on any atom is -0.320 e. The highest BCUT2D eigenvalue weighted by atomic mass is 16.2. The number of aromatic nitrogens is 4. The summed E-state index contributed by atoms with van der Waals surface area (Å²) in [6.07, 6.45) is 0. The molecule has 1 amide bonds. The number of nitrogens with one attached hydrogen (secondary N) is 2. The van der Waals surface area contributed by atoms with Crippen LogP contribution in [0.4, 0.5) is 5.69 Å². The first-order chi connectivity index (χ1) is 12.9. The number of carbonyl (C=O) groups excluding carboxylic acids is 1. The number of hydrogen-bond acceptors (Lipinski definition) is 4. The maximum atomic E-state index is 12.8. The number of rotatable bonds is 5. The topological polar surface area (TPSA) is 92.7 Å². The van der Waals surface area contributed by atoms with Crippen molar-refractivity contribution in [3.8, 4) is 11.3 Å². The van der Waals surface area contributed by atoms with Gasteiger partial charge in [-0.1, -0.05) is 26.0 Å². The third kappa shape index (κ3) is 3.97. The van der Waals surface area contributed by atoms with Crippen LogP contribution in [0.2, 0.25) is 0 Å². The molecule has 0 radical (unpaired) electrons. The van der Waals surface area contributed by atoms with E-state index in [1.165, 1.54) is 6.07 Å². The Hall–Kier alpha value is -3.22. The van der Waals surface area contributed by atoms with Gasteiger partial charge >= 0.3 is 0 Å². The van der Waals surface area contributed by atoms with Crippen molar-refractivity contribution < 1.29 is 4.79 Å². The molecule has 0 atom stereocenters. The molecule has 140 valence electrons. The Kier molecular flexibility index (Phi) is 5.21. The quantitative estimate of drug-likeness (QED) is 0.725. The van der Waals surface area contributed by atoms with Gasteiger partial charge in [0, 0.05) is 23.9 Å². The summed E-state index contributed by atoms with van der Waals surface area (Å²) in [6, 6.07) is 10.6. The van der Waals surface area contributed by atoms with Gasteiger partial charge in [0.2, 0.25) is 0 Å². The average molecular weight is 365 g/mol. The first-order valence-corrected chi connectivity index (χ1v) is 8.95. The summed E-state index contributed by atoms with van der Waals surface area (Å²) in [5.41, 5.74) is 4.24. The van der Waals surface area contributed by atoms with Gasteiger partial charge in [-0.25, -0.2) is 5.10 Å². The SMILES string of the molecule is CCn1nc(C(C)C)cc1C(=O)Nc1cc(-c2ccc(=O)[nH]n2)ccc1C. The molecule has 2 heterocycles. The zero-order valence-corrected chi connectivity index (χ0v) is 15.9. The third-order valence-electron chi connectivity index (χ3n) is 4.38. The summed E-state index contributed by atoms with van der Waals surface area (Å²) >= 11 is 0. The van der Waals surface area contributed by atoms with Crippen molar-refractivity contribution in [2.45, 2.75) is 40.2 Å². The Labute approximate surface area is 157 Å². The fourth-order valence-electron chi connectivity index (χ4n) is 2.75. The summed E-state index contributed by atoms with van der Waals surface area (Å²) in [5, 5.41) is 13.9. The number of amides is 1. The molecule has 27 heavy (non-hydrogen) atoms. The van der Waals surface area contributed by atoms with Crippen LogP contribution in [0.3, 0.4) is 0 Å². The number of aromatic amines is 1. The molecule has 0 aliphatic carbocycles. The fourth-order valence-corrected chi connectivity index (χ4v) is 2.75. The smallest absolute Gasteiger partial charge is 0.273 e. The summed E-state index contributed by atoms with van der Waals surface area (Å²) in [4.78, 5) is 24.0. The van der Waals surface area contributed by atoms with E-state index in [-0.39, 0.29) is 17.4 Å². The lowest BCUT2D eigenvalue weighted by Gasteiger charge is -2.11. The van der Waals surface area contributed by atoms with Gasteiger partial charge in [0.1, 0.15) is 5.69 Å². The first kappa shape index (κ1) is 18.6. The minimum absolute atomic E-state index is 0.203. The van der Waals surface area contributed by atoms with Crippen LogP contribution in [-0.2, 0) is 6.54 Å². The van der Waals surface area contributed by atoms with E-state index in [1.807, 2.05) is 38.1 Å². The highest BCUT2D eigenvalue weighted by Gasteiger charge is 2.17. The van der Waals surface area contributed by atoms with Gasteiger partial charge in [-0.05, 0) is 43.5 Å². The lowest BCUT2D eigenvalue weighted by Crippen LogP contribution is -2.18. The van der Waals surface area contributed by atoms with Crippen molar-refractivity contribution in [2.24, 2.45) is 0 Å². The lowest BCUT2D eigenvalue weighted by molar-refractivity contribution is 0.101. The van der Waals surface area contributed by atoms with Gasteiger partial charge in [-0.15, -0.1) is 0 Å². The second-order valence-corrected chi connectivity index (χ2v) is 6.72. The summed E-state index contributed by atoms with van der Waals surface area (Å²) in [6.45, 7) is 8.61. The van der Waals surface area contributed by atoms with Gasteiger partial charge in [0.05, 0.1) is 11.4 Å². The van der Waals surface area contributed by atoms with Crippen molar-refractivity contribution in [3.05, 3.63) is 63.7 Å². The zero-order valence-electron chi connectivity index (χ0n) is 15.9. The molecule has 0 unspecified atom stereocenters. The molecule has 1 aromatic carbocycles. The van der Waals surface area contributed by atoms with Crippen LogP contribution >= 0.6 is 0 Å². The molecule has 0 aliphatic heterocycles. The van der Waals surface area contributed by atoms with Crippen molar-refractivity contribution in [1.82, 2.24) is 20.0 Å². The van der Waals surface area contributed by atoms with E-state index in [2.05, 4.69) is 34.5 Å². The number of carbonyl (C=O) groups is 1. The Morgan fingerprint density at radius 1 is 1.22 bits per heavy atom. The van der Waals surface area contributed by atoms with Crippen LogP contribution in [0.15, 0.2) is 41.2 Å². The molecular weight excluding hydrogens is 342 g/mol. The van der Waals surface area contributed by atoms with Gasteiger partial charge in [0.15, 0.2) is 0 Å². The van der Waals surface area contributed by atoms with E-state index in [4.69, 9.17) is 0 Å². The second-order valence-electron chi connectivity index (χ2n) is 6.72. The zero-order chi connectivity index (χ0) is 19.6. The van der Waals surface area contributed by atoms with Gasteiger partial charge in [0.25, 0.3) is 11.5 Å². The number of H-pyrrole nitrogens is 1. The number of nitrogens with zero attached hydrogens (tertiary/aromatic N) is 3. The summed E-state index contributed by atoms with van der Waals surface area (Å²) < 4.78 is 1.72. The van der Waals surface area contributed by atoms with Gasteiger partial charge in [-0.2, -0.15) is 10.2 Å². The van der Waals surface area contributed by atoms with Gasteiger partial charge < -0.3 is 5.32 Å². The van der Waals surface area contributed by atoms with Crippen LogP contribution in [0.25, 0.3) is 11.3 Å². The molecule has 0 fully saturated rings. The maximum Gasteiger partial charge on any atom is 0.273 e. The monoisotopic (exact) mass is 365 g/mol. The van der Waals surface area contributed by atoms with Crippen molar-refractivity contribution in [3.63, 3.8) is 0 Å². The predicted octanol–water partition coefficient (Wildman–Crippen LogP) is 3.34. The van der Waals surface area contributed by atoms with Crippen LogP contribution in [-0.4, -0.2) is 25.9 Å². The summed E-state index contributed by atoms with van der Waals surface area (Å²) in [5.74, 6) is 0.0478. The molecule has 7 nitrogen and oxygen atoms in total. The number of anilines is 1. The Morgan fingerprint density at radius 3 is 2.63 bits per heavy atom. The maximum absolute atomic E-state index is 12.8. The Morgan fingerprint density at radius 2 is 2.00 bits per heavy atom. The third-order valence-corrected chi connectivity index (χ3v) is 4.38. The minimum atomic E-state index is -0.256. The average Bonchev–Trinajstić information content (AvgIpc) is 3.09. The van der Waals surface area contributed by atoms with E-state index in [9.17, 15) is 9.59 Å². The number of aryl methyl sites for hydroxylation is 2. The number of benzene rings is 1. The standard InChI is InChI=1S/C20H23N5O2/c1-5-25-18(11-16(24-25)12(2)3)20(27)21-17-10-14(7-6-13(17)4)15-8-9-19(26)23-22-15/h6-12H,5H2,1-4H3,(H,21,27)(H,23,26). The Balaban J connectivity index is 1.91. The van der Waals surface area contributed by atoms with Crippen LogP contribution in [0, 0.1) is 6.92 Å². The van der Waals surface area contributed by atoms with Crippen molar-refractivity contribution in [2.75, 3.05) is 5.32 Å². The lowest BCUT2D eigenvalue weighted by atomic mass is 10.1. The van der Waals surface area contributed by atoms with Gasteiger partial charge in [-0.3, -0.25) is 14.3 Å². The molecule has 0 aliphatic rings. The van der Waals surface area contributed by atoms with E-state index in [1.54, 1.807) is 10.7 Å². The predicted molar refractivity (Wildman–Crippen MR) is 105 cm³/mol. The van der Waals surface area contributed by atoms with Crippen molar-refractivity contribution >= 4 is 11.6 Å². The summed E-state index contributed by atoms with van der Waals surface area (Å²) in [7, 11) is 0. The van der Waals surface area contributed by atoms with Crippen LogP contribution in [0.1, 0.15) is 48.4 Å². The van der Waals surface area contributed by atoms with E-state index < -0.39 is 0 Å². The fraction of sp³-hybridized carbons (Fsp3) is 0.300. The number of hydrogen-bond donors (Lipinski definition) is 2. The molecule has 2 N–H and O–H groups in total. The molecule has 3 aromatic rings. The normalized spacial score (nSPS) is 11.0. The molecule has 2 aromatic heterocycles. The Bertz CT molecular complexity index is 1010. The largest absolute Gasteiger partial charge is 0.320 e. The second kappa shape index (κ2) is 7.57. The van der Waals surface area contributed by atoms with E-state index in [0.717, 1.165) is 16.8 Å². The molecule has 3 rings (SSSR count). The molecule has 0 saturated carbocycles. The first-order valence-electron chi connectivity index (χ1n) is 8.95. The van der Waals surface area contributed by atoms with Crippen LogP contribution < -0.4 is 10.9 Å². The van der Waals surface area contributed by atoms with Crippen LogP contribution in [0.5, 0.6) is 0 Å².